The first-order chi connectivity index (χ1) is 14.1. The van der Waals surface area contributed by atoms with Gasteiger partial charge in [0, 0.05) is 49.4 Å². The Hall–Kier alpha value is -3.34. The first kappa shape index (κ1) is 19.0. The van der Waals surface area contributed by atoms with Crippen LogP contribution in [0.1, 0.15) is 21.6 Å². The van der Waals surface area contributed by atoms with Gasteiger partial charge < -0.3 is 15.1 Å². The third-order valence-corrected chi connectivity index (χ3v) is 5.38. The molecule has 0 saturated carbocycles. The number of para-hydroxylation sites is 1. The standard InChI is InChI=1S/C24H26N4O/c1-18-6-5-8-20(16-18)27-12-14-28(15-13-27)21-10-11-25-23(17-21)24(29)26-22-9-4-3-7-19(22)2/h3-11,16-17H,12-15H2,1-2H3,(H,26,29). The summed E-state index contributed by atoms with van der Waals surface area (Å²) in [7, 11) is 0. The quantitative estimate of drug-likeness (QED) is 0.727. The smallest absolute Gasteiger partial charge is 0.274 e. The molecule has 1 fully saturated rings. The Balaban J connectivity index is 1.43. The van der Waals surface area contributed by atoms with Gasteiger partial charge in [-0.15, -0.1) is 0 Å². The summed E-state index contributed by atoms with van der Waals surface area (Å²) in [6.45, 7) is 7.84. The van der Waals surface area contributed by atoms with Crippen LogP contribution in [0.25, 0.3) is 0 Å². The van der Waals surface area contributed by atoms with Gasteiger partial charge in [0.2, 0.25) is 0 Å². The highest BCUT2D eigenvalue weighted by atomic mass is 16.1. The summed E-state index contributed by atoms with van der Waals surface area (Å²) in [4.78, 5) is 21.7. The van der Waals surface area contributed by atoms with Crippen molar-refractivity contribution in [2.45, 2.75) is 13.8 Å². The third-order valence-electron chi connectivity index (χ3n) is 5.38. The van der Waals surface area contributed by atoms with Gasteiger partial charge in [0.25, 0.3) is 5.91 Å². The number of carbonyl (C=O) groups is 1. The molecule has 5 heteroatoms. The molecule has 0 radical (unpaired) electrons. The number of piperazine rings is 1. The van der Waals surface area contributed by atoms with Gasteiger partial charge >= 0.3 is 0 Å². The Morgan fingerprint density at radius 1 is 0.862 bits per heavy atom. The maximum Gasteiger partial charge on any atom is 0.274 e. The SMILES string of the molecule is Cc1cccc(N2CCN(c3ccnc(C(=O)Nc4ccccc4C)c3)CC2)c1. The third kappa shape index (κ3) is 4.40. The minimum absolute atomic E-state index is 0.181. The van der Waals surface area contributed by atoms with Crippen LogP contribution in [0.2, 0.25) is 0 Å². The second-order valence-corrected chi connectivity index (χ2v) is 7.48. The number of nitrogens with one attached hydrogen (secondary N) is 1. The van der Waals surface area contributed by atoms with Crippen LogP contribution in [-0.4, -0.2) is 37.1 Å². The predicted octanol–water partition coefficient (Wildman–Crippen LogP) is 4.28. The van der Waals surface area contributed by atoms with Gasteiger partial charge in [-0.25, -0.2) is 0 Å². The van der Waals surface area contributed by atoms with Crippen molar-refractivity contribution in [2.24, 2.45) is 0 Å². The van der Waals surface area contributed by atoms with Crippen molar-refractivity contribution in [3.05, 3.63) is 83.7 Å². The molecular weight excluding hydrogens is 360 g/mol. The number of rotatable bonds is 4. The number of hydrogen-bond acceptors (Lipinski definition) is 4. The topological polar surface area (TPSA) is 48.5 Å². The van der Waals surface area contributed by atoms with Crippen LogP contribution in [0.3, 0.4) is 0 Å². The molecule has 0 spiro atoms. The molecule has 3 aromatic rings. The lowest BCUT2D eigenvalue weighted by Gasteiger charge is -2.37. The van der Waals surface area contributed by atoms with Crippen molar-refractivity contribution in [1.29, 1.82) is 0 Å². The van der Waals surface area contributed by atoms with Crippen LogP contribution in [-0.2, 0) is 0 Å². The first-order valence-corrected chi connectivity index (χ1v) is 10.00. The summed E-state index contributed by atoms with van der Waals surface area (Å²) in [5.41, 5.74) is 5.88. The maximum absolute atomic E-state index is 12.7. The zero-order valence-electron chi connectivity index (χ0n) is 16.9. The molecule has 1 aromatic heterocycles. The Labute approximate surface area is 172 Å². The average molecular weight is 386 g/mol. The van der Waals surface area contributed by atoms with Gasteiger partial charge in [0.1, 0.15) is 5.69 Å². The molecule has 0 atom stereocenters. The van der Waals surface area contributed by atoms with Crippen LogP contribution >= 0.6 is 0 Å². The summed E-state index contributed by atoms with van der Waals surface area (Å²) in [5, 5.41) is 2.96. The molecule has 1 N–H and O–H groups in total. The van der Waals surface area contributed by atoms with E-state index in [1.165, 1.54) is 11.3 Å². The molecule has 5 nitrogen and oxygen atoms in total. The largest absolute Gasteiger partial charge is 0.368 e. The molecule has 148 valence electrons. The summed E-state index contributed by atoms with van der Waals surface area (Å²) in [6.07, 6.45) is 1.72. The summed E-state index contributed by atoms with van der Waals surface area (Å²) in [6, 6.07) is 20.3. The number of aromatic nitrogens is 1. The number of aryl methyl sites for hydroxylation is 2. The fourth-order valence-electron chi connectivity index (χ4n) is 3.69. The van der Waals surface area contributed by atoms with E-state index in [0.717, 1.165) is 43.1 Å². The minimum atomic E-state index is -0.181. The Bertz CT molecular complexity index is 1010. The lowest BCUT2D eigenvalue weighted by molar-refractivity contribution is 0.102. The number of anilines is 3. The molecular formula is C24H26N4O. The van der Waals surface area contributed by atoms with Gasteiger partial charge in [-0.3, -0.25) is 9.78 Å². The van der Waals surface area contributed by atoms with Crippen molar-refractivity contribution in [2.75, 3.05) is 41.3 Å². The van der Waals surface area contributed by atoms with Crippen LogP contribution in [0.15, 0.2) is 66.9 Å². The van der Waals surface area contributed by atoms with Crippen molar-refractivity contribution >= 4 is 23.0 Å². The highest BCUT2D eigenvalue weighted by Crippen LogP contribution is 2.22. The van der Waals surface area contributed by atoms with E-state index in [1.807, 2.05) is 43.3 Å². The van der Waals surface area contributed by atoms with Crippen molar-refractivity contribution in [1.82, 2.24) is 4.98 Å². The Morgan fingerprint density at radius 3 is 2.24 bits per heavy atom. The molecule has 29 heavy (non-hydrogen) atoms. The molecule has 0 aliphatic carbocycles. The second-order valence-electron chi connectivity index (χ2n) is 7.48. The summed E-state index contributed by atoms with van der Waals surface area (Å²) in [5.74, 6) is -0.181. The van der Waals surface area contributed by atoms with Crippen LogP contribution in [0, 0.1) is 13.8 Å². The molecule has 2 aromatic carbocycles. The zero-order chi connectivity index (χ0) is 20.2. The van der Waals surface area contributed by atoms with Crippen molar-refractivity contribution < 1.29 is 4.79 Å². The van der Waals surface area contributed by atoms with E-state index in [-0.39, 0.29) is 5.91 Å². The number of benzene rings is 2. The molecule has 1 saturated heterocycles. The monoisotopic (exact) mass is 386 g/mol. The van der Waals surface area contributed by atoms with Crippen LogP contribution in [0.4, 0.5) is 17.1 Å². The van der Waals surface area contributed by atoms with Crippen molar-refractivity contribution in [3.63, 3.8) is 0 Å². The number of amides is 1. The van der Waals surface area contributed by atoms with Crippen molar-refractivity contribution in [3.8, 4) is 0 Å². The molecule has 4 rings (SSSR count). The van der Waals surface area contributed by atoms with Gasteiger partial charge in [-0.2, -0.15) is 0 Å². The van der Waals surface area contributed by atoms with E-state index in [0.29, 0.717) is 5.69 Å². The van der Waals surface area contributed by atoms with E-state index in [4.69, 9.17) is 0 Å². The Kier molecular flexibility index (Phi) is 5.47. The molecule has 1 aliphatic heterocycles. The van der Waals surface area contributed by atoms with Gasteiger partial charge in [-0.05, 0) is 55.3 Å². The lowest BCUT2D eigenvalue weighted by Crippen LogP contribution is -2.46. The molecule has 2 heterocycles. The average Bonchev–Trinajstić information content (AvgIpc) is 2.75. The van der Waals surface area contributed by atoms with E-state index >= 15 is 0 Å². The first-order valence-electron chi connectivity index (χ1n) is 10.00. The van der Waals surface area contributed by atoms with Crippen LogP contribution < -0.4 is 15.1 Å². The van der Waals surface area contributed by atoms with E-state index < -0.39 is 0 Å². The second kappa shape index (κ2) is 8.35. The zero-order valence-corrected chi connectivity index (χ0v) is 16.9. The fraction of sp³-hybridized carbons (Fsp3) is 0.250. The molecule has 1 aliphatic rings. The Morgan fingerprint density at radius 2 is 1.55 bits per heavy atom. The number of pyridine rings is 1. The fourth-order valence-corrected chi connectivity index (χ4v) is 3.69. The van der Waals surface area contributed by atoms with Crippen LogP contribution in [0.5, 0.6) is 0 Å². The normalized spacial score (nSPS) is 14.0. The van der Waals surface area contributed by atoms with E-state index in [2.05, 4.69) is 51.3 Å². The summed E-state index contributed by atoms with van der Waals surface area (Å²) < 4.78 is 0. The van der Waals surface area contributed by atoms with Gasteiger partial charge in [0.05, 0.1) is 0 Å². The van der Waals surface area contributed by atoms with E-state index in [1.54, 1.807) is 6.20 Å². The molecule has 1 amide bonds. The van der Waals surface area contributed by atoms with Gasteiger partial charge in [0.15, 0.2) is 0 Å². The highest BCUT2D eigenvalue weighted by molar-refractivity contribution is 6.03. The number of hydrogen-bond donors (Lipinski definition) is 1. The number of carbonyl (C=O) groups excluding carboxylic acids is 1. The van der Waals surface area contributed by atoms with Gasteiger partial charge in [-0.1, -0.05) is 30.3 Å². The molecule has 0 bridgehead atoms. The minimum Gasteiger partial charge on any atom is -0.368 e. The summed E-state index contributed by atoms with van der Waals surface area (Å²) >= 11 is 0. The lowest BCUT2D eigenvalue weighted by atomic mass is 10.1. The van der Waals surface area contributed by atoms with E-state index in [9.17, 15) is 4.79 Å². The predicted molar refractivity (Wildman–Crippen MR) is 119 cm³/mol. The number of nitrogens with zero attached hydrogens (tertiary/aromatic N) is 3. The molecule has 0 unspecified atom stereocenters. The highest BCUT2D eigenvalue weighted by Gasteiger charge is 2.19. The maximum atomic E-state index is 12.7.